The van der Waals surface area contributed by atoms with Gasteiger partial charge in [0.1, 0.15) is 6.61 Å². The van der Waals surface area contributed by atoms with Crippen molar-refractivity contribution in [3.8, 4) is 0 Å². The Balaban J connectivity index is 2.49. The van der Waals surface area contributed by atoms with Crippen LogP contribution < -0.4 is 0 Å². The van der Waals surface area contributed by atoms with Crippen LogP contribution >= 0.6 is 0 Å². The summed E-state index contributed by atoms with van der Waals surface area (Å²) in [5.74, 6) is 0. The first-order valence-electron chi connectivity index (χ1n) is 4.00. The van der Waals surface area contributed by atoms with Crippen molar-refractivity contribution in [3.05, 3.63) is 42.1 Å². The SMILES string of the molecule is OOCc1ccc2cccnc2c1. The lowest BCUT2D eigenvalue weighted by atomic mass is 10.1. The van der Waals surface area contributed by atoms with E-state index in [9.17, 15) is 0 Å². The molecule has 0 aliphatic heterocycles. The highest BCUT2D eigenvalue weighted by Gasteiger charge is 1.96. The molecule has 0 aliphatic rings. The molecule has 0 unspecified atom stereocenters. The molecule has 2 aromatic rings. The van der Waals surface area contributed by atoms with Crippen LogP contribution in [0.1, 0.15) is 5.56 Å². The lowest BCUT2D eigenvalue weighted by Gasteiger charge is -1.99. The van der Waals surface area contributed by atoms with Crippen LogP contribution in [0.4, 0.5) is 0 Å². The van der Waals surface area contributed by atoms with Gasteiger partial charge in [0.25, 0.3) is 0 Å². The quantitative estimate of drug-likeness (QED) is 0.562. The molecule has 1 N–H and O–H groups in total. The van der Waals surface area contributed by atoms with E-state index in [1.807, 2.05) is 30.3 Å². The van der Waals surface area contributed by atoms with Crippen LogP contribution in [0, 0.1) is 0 Å². The van der Waals surface area contributed by atoms with Gasteiger partial charge in [0.2, 0.25) is 0 Å². The lowest BCUT2D eigenvalue weighted by molar-refractivity contribution is -0.252. The highest BCUT2D eigenvalue weighted by atomic mass is 17.1. The number of benzene rings is 1. The number of fused-ring (bicyclic) bond motifs is 1. The standard InChI is InChI=1S/C10H9NO2/c12-13-7-8-3-4-9-2-1-5-11-10(9)6-8/h1-6,12H,7H2. The second-order valence-electron chi connectivity index (χ2n) is 2.80. The highest BCUT2D eigenvalue weighted by Crippen LogP contribution is 2.13. The Morgan fingerprint density at radius 1 is 1.31 bits per heavy atom. The fourth-order valence-corrected chi connectivity index (χ4v) is 1.28. The topological polar surface area (TPSA) is 42.4 Å². The molecule has 0 saturated heterocycles. The second kappa shape index (κ2) is 3.51. The van der Waals surface area contributed by atoms with Crippen molar-refractivity contribution in [1.29, 1.82) is 0 Å². The molecule has 1 aromatic heterocycles. The maximum absolute atomic E-state index is 8.27. The molecule has 0 fully saturated rings. The predicted octanol–water partition coefficient (Wildman–Crippen LogP) is 2.22. The number of hydrogen-bond donors (Lipinski definition) is 1. The Bertz CT molecular complexity index is 414. The van der Waals surface area contributed by atoms with Crippen LogP contribution in [0.5, 0.6) is 0 Å². The minimum atomic E-state index is 0.201. The fraction of sp³-hybridized carbons (Fsp3) is 0.100. The van der Waals surface area contributed by atoms with Gasteiger partial charge >= 0.3 is 0 Å². The molecule has 13 heavy (non-hydrogen) atoms. The maximum atomic E-state index is 8.27. The molecule has 0 bridgehead atoms. The fourth-order valence-electron chi connectivity index (χ4n) is 1.28. The van der Waals surface area contributed by atoms with E-state index in [-0.39, 0.29) is 6.61 Å². The average molecular weight is 175 g/mol. The van der Waals surface area contributed by atoms with Gasteiger partial charge in [-0.25, -0.2) is 4.89 Å². The molecule has 0 aliphatic carbocycles. The van der Waals surface area contributed by atoms with Crippen LogP contribution in [0.25, 0.3) is 10.9 Å². The summed E-state index contributed by atoms with van der Waals surface area (Å²) in [4.78, 5) is 8.24. The van der Waals surface area contributed by atoms with E-state index in [1.54, 1.807) is 6.20 Å². The van der Waals surface area contributed by atoms with Crippen molar-refractivity contribution >= 4 is 10.9 Å². The Morgan fingerprint density at radius 3 is 3.08 bits per heavy atom. The van der Waals surface area contributed by atoms with Gasteiger partial charge in [0.05, 0.1) is 5.52 Å². The highest BCUT2D eigenvalue weighted by molar-refractivity contribution is 5.78. The number of rotatable bonds is 2. The number of aromatic nitrogens is 1. The zero-order chi connectivity index (χ0) is 9.10. The van der Waals surface area contributed by atoms with Crippen molar-refractivity contribution in [2.75, 3.05) is 0 Å². The number of nitrogens with zero attached hydrogens (tertiary/aromatic N) is 1. The van der Waals surface area contributed by atoms with Gasteiger partial charge in [-0.1, -0.05) is 18.2 Å². The van der Waals surface area contributed by atoms with Gasteiger partial charge in [-0.05, 0) is 17.7 Å². The van der Waals surface area contributed by atoms with Crippen LogP contribution in [0.2, 0.25) is 0 Å². The first-order chi connectivity index (χ1) is 6.40. The average Bonchev–Trinajstić information content (AvgIpc) is 2.18. The van der Waals surface area contributed by atoms with Crippen molar-refractivity contribution < 1.29 is 10.1 Å². The minimum absolute atomic E-state index is 0.201. The zero-order valence-corrected chi connectivity index (χ0v) is 6.97. The molecule has 3 heteroatoms. The predicted molar refractivity (Wildman–Crippen MR) is 49.2 cm³/mol. The molecule has 66 valence electrons. The van der Waals surface area contributed by atoms with Gasteiger partial charge in [-0.3, -0.25) is 10.2 Å². The van der Waals surface area contributed by atoms with Crippen LogP contribution in [-0.2, 0) is 11.5 Å². The smallest absolute Gasteiger partial charge is 0.107 e. The summed E-state index contributed by atoms with van der Waals surface area (Å²) in [7, 11) is 0. The largest absolute Gasteiger partial charge is 0.256 e. The summed E-state index contributed by atoms with van der Waals surface area (Å²) in [5, 5.41) is 9.36. The third kappa shape index (κ3) is 1.66. The van der Waals surface area contributed by atoms with Gasteiger partial charge in [0, 0.05) is 11.6 Å². The Labute approximate surface area is 75.5 Å². The molecule has 3 nitrogen and oxygen atoms in total. The van der Waals surface area contributed by atoms with E-state index in [4.69, 9.17) is 5.26 Å². The van der Waals surface area contributed by atoms with E-state index in [1.165, 1.54) is 0 Å². The first kappa shape index (κ1) is 8.16. The number of pyridine rings is 1. The van der Waals surface area contributed by atoms with Crippen LogP contribution in [-0.4, -0.2) is 10.2 Å². The molecule has 0 saturated carbocycles. The van der Waals surface area contributed by atoms with Gasteiger partial charge in [-0.15, -0.1) is 0 Å². The Kier molecular flexibility index (Phi) is 2.21. The van der Waals surface area contributed by atoms with E-state index in [2.05, 4.69) is 9.87 Å². The summed E-state index contributed by atoms with van der Waals surface area (Å²) >= 11 is 0. The van der Waals surface area contributed by atoms with Crippen molar-refractivity contribution in [1.82, 2.24) is 4.98 Å². The van der Waals surface area contributed by atoms with Gasteiger partial charge in [0.15, 0.2) is 0 Å². The summed E-state index contributed by atoms with van der Waals surface area (Å²) in [6.45, 7) is 0.201. The normalized spacial score (nSPS) is 10.5. The Hall–Kier alpha value is -1.45. The molecule has 0 amide bonds. The molecular weight excluding hydrogens is 166 g/mol. The second-order valence-corrected chi connectivity index (χ2v) is 2.80. The van der Waals surface area contributed by atoms with Crippen molar-refractivity contribution in [2.24, 2.45) is 0 Å². The van der Waals surface area contributed by atoms with E-state index in [0.717, 1.165) is 16.5 Å². The van der Waals surface area contributed by atoms with E-state index in [0.29, 0.717) is 0 Å². The molecular formula is C10H9NO2. The monoisotopic (exact) mass is 175 g/mol. The minimum Gasteiger partial charge on any atom is -0.256 e. The summed E-state index contributed by atoms with van der Waals surface area (Å²) in [6.07, 6.45) is 1.74. The van der Waals surface area contributed by atoms with Gasteiger partial charge in [-0.2, -0.15) is 0 Å². The first-order valence-corrected chi connectivity index (χ1v) is 4.00. The zero-order valence-electron chi connectivity index (χ0n) is 6.97. The summed E-state index contributed by atoms with van der Waals surface area (Å²) in [5.41, 5.74) is 1.82. The third-order valence-electron chi connectivity index (χ3n) is 1.90. The summed E-state index contributed by atoms with van der Waals surface area (Å²) < 4.78 is 0. The van der Waals surface area contributed by atoms with Crippen molar-refractivity contribution in [3.63, 3.8) is 0 Å². The molecule has 2 rings (SSSR count). The van der Waals surface area contributed by atoms with Gasteiger partial charge < -0.3 is 0 Å². The van der Waals surface area contributed by atoms with Crippen molar-refractivity contribution in [2.45, 2.75) is 6.61 Å². The maximum Gasteiger partial charge on any atom is 0.107 e. The van der Waals surface area contributed by atoms with Crippen LogP contribution in [0.15, 0.2) is 36.5 Å². The third-order valence-corrected chi connectivity index (χ3v) is 1.90. The lowest BCUT2D eigenvalue weighted by Crippen LogP contribution is -1.88. The molecule has 1 aromatic carbocycles. The molecule has 0 radical (unpaired) electrons. The number of hydrogen-bond acceptors (Lipinski definition) is 3. The van der Waals surface area contributed by atoms with E-state index >= 15 is 0 Å². The molecule has 0 spiro atoms. The summed E-state index contributed by atoms with van der Waals surface area (Å²) in [6, 6.07) is 9.64. The molecule has 1 heterocycles. The van der Waals surface area contributed by atoms with Crippen LogP contribution in [0.3, 0.4) is 0 Å². The Morgan fingerprint density at radius 2 is 2.23 bits per heavy atom. The van der Waals surface area contributed by atoms with E-state index < -0.39 is 0 Å². The molecule has 0 atom stereocenters.